The molecule has 4 saturated heterocycles. The van der Waals surface area contributed by atoms with Crippen LogP contribution in [0.5, 0.6) is 0 Å². The van der Waals surface area contributed by atoms with Crippen LogP contribution >= 0.6 is 0 Å². The molecule has 0 bridgehead atoms. The summed E-state index contributed by atoms with van der Waals surface area (Å²) >= 11 is 0. The van der Waals surface area contributed by atoms with Crippen molar-refractivity contribution in [2.45, 2.75) is 143 Å². The van der Waals surface area contributed by atoms with E-state index in [0.29, 0.717) is 0 Å². The van der Waals surface area contributed by atoms with Crippen LogP contribution < -0.4 is 10.6 Å². The van der Waals surface area contributed by atoms with Crippen LogP contribution in [0.3, 0.4) is 0 Å². The minimum absolute atomic E-state index is 0.683. The van der Waals surface area contributed by atoms with E-state index < -0.39 is 154 Å². The van der Waals surface area contributed by atoms with E-state index in [1.807, 2.05) is 0 Å². The maximum Gasteiger partial charge on any atom is 0.217 e. The van der Waals surface area contributed by atoms with Crippen LogP contribution in [0, 0.1) is 0 Å². The highest BCUT2D eigenvalue weighted by atomic mass is 16.8. The highest BCUT2D eigenvalue weighted by Gasteiger charge is 2.56. The maximum absolute atomic E-state index is 12.5. The number of aliphatic hydroxyl groups excluding tert-OH is 11. The normalized spacial score (nSPS) is 48.5. The lowest BCUT2D eigenvalue weighted by atomic mass is 9.93. The topological polar surface area (TPSA) is 345 Å². The first kappa shape index (κ1) is 41.0. The van der Waals surface area contributed by atoms with Gasteiger partial charge in [-0.3, -0.25) is 9.59 Å². The van der Waals surface area contributed by atoms with Gasteiger partial charge in [-0.15, -0.1) is 0 Å². The molecule has 0 spiro atoms. The second-order valence-electron chi connectivity index (χ2n) is 12.6. The van der Waals surface area contributed by atoms with Gasteiger partial charge >= 0.3 is 0 Å². The third-order valence-electron chi connectivity index (χ3n) is 8.97. The van der Waals surface area contributed by atoms with E-state index in [4.69, 9.17) is 33.2 Å². The van der Waals surface area contributed by atoms with Crippen molar-refractivity contribution in [2.75, 3.05) is 19.8 Å². The number of hydrogen-bond acceptors (Lipinski definition) is 20. The lowest BCUT2D eigenvalue weighted by Crippen LogP contribution is -2.71. The molecule has 13 N–H and O–H groups in total. The third-order valence-corrected chi connectivity index (χ3v) is 8.97. The van der Waals surface area contributed by atoms with Crippen LogP contribution in [0.1, 0.15) is 20.8 Å². The number of carbonyl (C=O) groups is 2. The Morgan fingerprint density at radius 3 is 1.54 bits per heavy atom. The minimum atomic E-state index is -1.95. The lowest BCUT2D eigenvalue weighted by molar-refractivity contribution is -0.384. The van der Waals surface area contributed by atoms with E-state index in [1.165, 1.54) is 6.92 Å². The summed E-state index contributed by atoms with van der Waals surface area (Å²) in [6.07, 6.45) is -30.6. The van der Waals surface area contributed by atoms with Crippen molar-refractivity contribution in [1.29, 1.82) is 0 Å². The van der Waals surface area contributed by atoms with Crippen molar-refractivity contribution in [1.82, 2.24) is 10.6 Å². The lowest BCUT2D eigenvalue weighted by Gasteiger charge is -2.50. The fourth-order valence-electron chi connectivity index (χ4n) is 6.27. The van der Waals surface area contributed by atoms with Crippen LogP contribution in [0.15, 0.2) is 0 Å². The number of amides is 2. The second kappa shape index (κ2) is 17.4. The zero-order chi connectivity index (χ0) is 37.2. The molecule has 4 fully saturated rings. The highest BCUT2D eigenvalue weighted by Crippen LogP contribution is 2.34. The van der Waals surface area contributed by atoms with Crippen LogP contribution in [0.4, 0.5) is 0 Å². The Hall–Kier alpha value is -1.78. The molecule has 0 radical (unpaired) electrons. The summed E-state index contributed by atoms with van der Waals surface area (Å²) in [5.41, 5.74) is 0. The standard InChI is InChI=1S/C28H48N2O20/c1-7-15(36)19(40)21(42)27(44-7)50-24-20(41)16(37)10(4-31)47-28(24)49-23-14(30-9(3)35)26(46-12(6-33)18(23)39)48-22-13(29-8(2)34)25(43)45-11(5-32)17(22)38/h7,10-28,31-33,36-43H,4-6H2,1-3H3,(H,29,34)(H,30,35)/t7-,10+,11+,12+,13+,14+,15+,16-,17-,18+,19+,20-,21-,22+,23+,24+,25?,26?,27?,28?/m0/s1. The number of rotatable bonds is 11. The first-order valence-corrected chi connectivity index (χ1v) is 15.9. The molecule has 290 valence electrons. The van der Waals surface area contributed by atoms with Crippen molar-refractivity contribution in [3.8, 4) is 0 Å². The summed E-state index contributed by atoms with van der Waals surface area (Å²) in [7, 11) is 0. The largest absolute Gasteiger partial charge is 0.394 e. The highest BCUT2D eigenvalue weighted by molar-refractivity contribution is 5.73. The average molecular weight is 733 g/mol. The molecule has 0 saturated carbocycles. The van der Waals surface area contributed by atoms with Gasteiger partial charge in [0.15, 0.2) is 25.2 Å². The van der Waals surface area contributed by atoms with Gasteiger partial charge in [-0.25, -0.2) is 0 Å². The molecule has 4 rings (SSSR count). The van der Waals surface area contributed by atoms with Gasteiger partial charge in [-0.05, 0) is 6.92 Å². The monoisotopic (exact) mass is 732 g/mol. The molecule has 20 atom stereocenters. The van der Waals surface area contributed by atoms with Gasteiger partial charge in [0.1, 0.15) is 91.4 Å². The Bertz CT molecular complexity index is 1130. The molecule has 4 aliphatic heterocycles. The van der Waals surface area contributed by atoms with E-state index in [1.54, 1.807) is 0 Å². The molecule has 4 unspecified atom stereocenters. The Kier molecular flexibility index (Phi) is 14.2. The Morgan fingerprint density at radius 1 is 0.520 bits per heavy atom. The first-order chi connectivity index (χ1) is 23.5. The Labute approximate surface area is 285 Å². The third kappa shape index (κ3) is 8.70. The Balaban J connectivity index is 1.69. The molecule has 0 aliphatic carbocycles. The van der Waals surface area contributed by atoms with E-state index in [-0.39, 0.29) is 0 Å². The minimum Gasteiger partial charge on any atom is -0.394 e. The first-order valence-electron chi connectivity index (χ1n) is 15.9. The molecule has 2 amide bonds. The molecular formula is C28H48N2O20. The van der Waals surface area contributed by atoms with Gasteiger partial charge in [0.2, 0.25) is 11.8 Å². The predicted octanol–water partition coefficient (Wildman–Crippen LogP) is -8.43. The van der Waals surface area contributed by atoms with E-state index >= 15 is 0 Å². The van der Waals surface area contributed by atoms with Gasteiger partial charge in [-0.2, -0.15) is 0 Å². The quantitative estimate of drug-likeness (QED) is 0.0938. The summed E-state index contributed by atoms with van der Waals surface area (Å²) in [6, 6.07) is -3.08. The zero-order valence-corrected chi connectivity index (χ0v) is 27.3. The number of ether oxygens (including phenoxy) is 7. The number of hydrogen-bond donors (Lipinski definition) is 13. The number of aliphatic hydroxyl groups is 11. The number of carbonyl (C=O) groups excluding carboxylic acids is 2. The fraction of sp³-hybridized carbons (Fsp3) is 0.929. The SMILES string of the molecule is CC(=O)N[C@H]1C(O)O[C@H](CO)[C@H](O)[C@@H]1OC1O[C@H](CO)[C@@H](O)[C@H](OC2O[C@H](CO)[C@H](O)[C@H](O)[C@H]2OC2O[C@@H](C)[C@@H](O)[C@@H](O)[C@@H]2O)[C@H]1NC(C)=O. The molecule has 0 aromatic carbocycles. The van der Waals surface area contributed by atoms with E-state index in [0.717, 1.165) is 13.8 Å². The summed E-state index contributed by atoms with van der Waals surface area (Å²) in [4.78, 5) is 24.4. The van der Waals surface area contributed by atoms with E-state index in [2.05, 4.69) is 10.6 Å². The smallest absolute Gasteiger partial charge is 0.217 e. The molecule has 50 heavy (non-hydrogen) atoms. The zero-order valence-electron chi connectivity index (χ0n) is 27.3. The van der Waals surface area contributed by atoms with Gasteiger partial charge in [0, 0.05) is 13.8 Å². The van der Waals surface area contributed by atoms with Crippen LogP contribution in [0.25, 0.3) is 0 Å². The van der Waals surface area contributed by atoms with Crippen molar-refractivity contribution in [2.24, 2.45) is 0 Å². The van der Waals surface area contributed by atoms with Crippen LogP contribution in [-0.4, -0.2) is 211 Å². The number of nitrogens with one attached hydrogen (secondary N) is 2. The van der Waals surface area contributed by atoms with E-state index in [9.17, 15) is 65.8 Å². The van der Waals surface area contributed by atoms with Gasteiger partial charge < -0.3 is 100.0 Å². The molecule has 22 heteroatoms. The van der Waals surface area contributed by atoms with Crippen LogP contribution in [0.2, 0.25) is 0 Å². The maximum atomic E-state index is 12.5. The molecule has 4 aliphatic rings. The van der Waals surface area contributed by atoms with Crippen molar-refractivity contribution < 1.29 is 98.9 Å². The van der Waals surface area contributed by atoms with Crippen molar-refractivity contribution in [3.05, 3.63) is 0 Å². The predicted molar refractivity (Wildman–Crippen MR) is 156 cm³/mol. The molecule has 0 aromatic heterocycles. The molecule has 22 nitrogen and oxygen atoms in total. The Morgan fingerprint density at radius 2 is 0.980 bits per heavy atom. The summed E-state index contributed by atoms with van der Waals surface area (Å²) in [5, 5.41) is 120. The van der Waals surface area contributed by atoms with Crippen LogP contribution in [-0.2, 0) is 42.7 Å². The summed E-state index contributed by atoms with van der Waals surface area (Å²) in [5.74, 6) is -1.44. The van der Waals surface area contributed by atoms with Gasteiger partial charge in [0.05, 0.1) is 25.9 Å². The average Bonchev–Trinajstić information content (AvgIpc) is 3.06. The molecule has 4 heterocycles. The molecule has 0 aromatic rings. The summed E-state index contributed by atoms with van der Waals surface area (Å²) < 4.78 is 39.8. The molecular weight excluding hydrogens is 684 g/mol. The fourth-order valence-corrected chi connectivity index (χ4v) is 6.27. The van der Waals surface area contributed by atoms with Gasteiger partial charge in [0.25, 0.3) is 0 Å². The second-order valence-corrected chi connectivity index (χ2v) is 12.6. The summed E-state index contributed by atoms with van der Waals surface area (Å²) in [6.45, 7) is 0.959. The van der Waals surface area contributed by atoms with Crippen molar-refractivity contribution in [3.63, 3.8) is 0 Å². The van der Waals surface area contributed by atoms with Crippen molar-refractivity contribution >= 4 is 11.8 Å². The van der Waals surface area contributed by atoms with Gasteiger partial charge in [-0.1, -0.05) is 0 Å².